The van der Waals surface area contributed by atoms with Crippen LogP contribution in [0.1, 0.15) is 13.8 Å². The number of nitrogens with one attached hydrogen (secondary N) is 1. The van der Waals surface area contributed by atoms with Crippen LogP contribution in [0, 0.1) is 5.92 Å². The number of halogens is 1. The standard InChI is InChI=1S/C8H16BrNO3S/c1-6(2)8(4-7(9)5-11)10-14(3,12)13/h4,6,8,10-11H,5H2,1-3H3/b7-4+/t8-/m1/s1. The Bertz CT molecular complexity index is 298. The third kappa shape index (κ3) is 6.53. The molecule has 0 saturated carbocycles. The van der Waals surface area contributed by atoms with Gasteiger partial charge in [0.1, 0.15) is 0 Å². The molecular formula is C8H16BrNO3S. The van der Waals surface area contributed by atoms with Crippen LogP contribution in [-0.2, 0) is 10.0 Å². The smallest absolute Gasteiger partial charge is 0.209 e. The van der Waals surface area contributed by atoms with Gasteiger partial charge in [-0.15, -0.1) is 0 Å². The Morgan fingerprint density at radius 2 is 2.07 bits per heavy atom. The number of hydrogen-bond donors (Lipinski definition) is 2. The van der Waals surface area contributed by atoms with Gasteiger partial charge in [0.15, 0.2) is 0 Å². The van der Waals surface area contributed by atoms with Crippen LogP contribution >= 0.6 is 15.9 Å². The predicted molar refractivity (Wildman–Crippen MR) is 60.7 cm³/mol. The summed E-state index contributed by atoms with van der Waals surface area (Å²) in [6, 6.07) is -0.300. The maximum Gasteiger partial charge on any atom is 0.209 e. The van der Waals surface area contributed by atoms with Crippen LogP contribution < -0.4 is 4.72 Å². The molecule has 0 aromatic rings. The zero-order valence-corrected chi connectivity index (χ0v) is 10.9. The van der Waals surface area contributed by atoms with E-state index in [0.717, 1.165) is 6.26 Å². The van der Waals surface area contributed by atoms with Gasteiger partial charge in [-0.25, -0.2) is 13.1 Å². The van der Waals surface area contributed by atoms with E-state index in [9.17, 15) is 8.42 Å². The number of hydrogen-bond acceptors (Lipinski definition) is 3. The summed E-state index contributed by atoms with van der Waals surface area (Å²) in [4.78, 5) is 0. The Morgan fingerprint density at radius 1 is 1.57 bits per heavy atom. The Hall–Kier alpha value is 0.0900. The van der Waals surface area contributed by atoms with Crippen LogP contribution in [0.25, 0.3) is 0 Å². The van der Waals surface area contributed by atoms with Crippen LogP contribution in [0.3, 0.4) is 0 Å². The van der Waals surface area contributed by atoms with Gasteiger partial charge in [-0.1, -0.05) is 35.9 Å². The summed E-state index contributed by atoms with van der Waals surface area (Å²) < 4.78 is 25.0. The highest BCUT2D eigenvalue weighted by Gasteiger charge is 2.15. The molecule has 6 heteroatoms. The van der Waals surface area contributed by atoms with Crippen molar-refractivity contribution in [2.45, 2.75) is 19.9 Å². The highest BCUT2D eigenvalue weighted by molar-refractivity contribution is 9.11. The fourth-order valence-corrected chi connectivity index (χ4v) is 1.98. The molecule has 0 rings (SSSR count). The molecule has 0 spiro atoms. The number of aliphatic hydroxyl groups excluding tert-OH is 1. The van der Waals surface area contributed by atoms with E-state index >= 15 is 0 Å². The summed E-state index contributed by atoms with van der Waals surface area (Å²) in [5, 5.41) is 8.77. The predicted octanol–water partition coefficient (Wildman–Crippen LogP) is 0.831. The van der Waals surface area contributed by atoms with Crippen LogP contribution in [0.15, 0.2) is 10.6 Å². The van der Waals surface area contributed by atoms with Crippen LogP contribution in [-0.4, -0.2) is 32.4 Å². The van der Waals surface area contributed by atoms with E-state index in [4.69, 9.17) is 5.11 Å². The van der Waals surface area contributed by atoms with Crippen LogP contribution in [0.2, 0.25) is 0 Å². The van der Waals surface area contributed by atoms with Gasteiger partial charge in [-0.3, -0.25) is 0 Å². The molecule has 1 atom stereocenters. The summed E-state index contributed by atoms with van der Waals surface area (Å²) in [6.45, 7) is 3.67. The van der Waals surface area contributed by atoms with Crippen molar-refractivity contribution in [1.29, 1.82) is 0 Å². The van der Waals surface area contributed by atoms with E-state index in [1.165, 1.54) is 0 Å². The molecule has 0 aromatic carbocycles. The van der Waals surface area contributed by atoms with Crippen molar-refractivity contribution in [3.8, 4) is 0 Å². The Morgan fingerprint density at radius 3 is 2.36 bits per heavy atom. The second kappa shape index (κ2) is 5.85. The third-order valence-electron chi connectivity index (χ3n) is 1.58. The Labute approximate surface area is 93.6 Å². The summed E-state index contributed by atoms with van der Waals surface area (Å²) in [5.41, 5.74) is 0. The maximum atomic E-state index is 11.0. The summed E-state index contributed by atoms with van der Waals surface area (Å²) >= 11 is 3.13. The first-order valence-electron chi connectivity index (χ1n) is 4.20. The van der Waals surface area contributed by atoms with Crippen molar-refractivity contribution < 1.29 is 13.5 Å². The van der Waals surface area contributed by atoms with Crippen LogP contribution in [0.5, 0.6) is 0 Å². The summed E-state index contributed by atoms with van der Waals surface area (Å²) in [5.74, 6) is 0.129. The fraction of sp³-hybridized carbons (Fsp3) is 0.750. The van der Waals surface area contributed by atoms with Crippen LogP contribution in [0.4, 0.5) is 0 Å². The third-order valence-corrected chi connectivity index (χ3v) is 2.80. The van der Waals surface area contributed by atoms with Gasteiger partial charge in [-0.05, 0) is 5.92 Å². The molecule has 0 bridgehead atoms. The van der Waals surface area contributed by atoms with Gasteiger partial charge in [0, 0.05) is 10.5 Å². The molecule has 0 aliphatic rings. The molecule has 0 fully saturated rings. The lowest BCUT2D eigenvalue weighted by Crippen LogP contribution is -2.36. The largest absolute Gasteiger partial charge is 0.391 e. The van der Waals surface area contributed by atoms with Crippen molar-refractivity contribution >= 4 is 26.0 Å². The lowest BCUT2D eigenvalue weighted by molar-refractivity contribution is 0.339. The minimum atomic E-state index is -3.22. The first kappa shape index (κ1) is 14.1. The van der Waals surface area contributed by atoms with Gasteiger partial charge >= 0.3 is 0 Å². The normalized spacial score (nSPS) is 16.0. The van der Waals surface area contributed by atoms with E-state index < -0.39 is 10.0 Å². The molecule has 0 aromatic heterocycles. The van der Waals surface area contributed by atoms with Gasteiger partial charge in [-0.2, -0.15) is 0 Å². The minimum Gasteiger partial charge on any atom is -0.391 e. The highest BCUT2D eigenvalue weighted by atomic mass is 79.9. The average Bonchev–Trinajstić information content (AvgIpc) is 2.00. The molecule has 4 nitrogen and oxygen atoms in total. The van der Waals surface area contributed by atoms with Gasteiger partial charge in [0.2, 0.25) is 10.0 Å². The van der Waals surface area contributed by atoms with Gasteiger partial charge in [0.25, 0.3) is 0 Å². The molecule has 0 aliphatic heterocycles. The highest BCUT2D eigenvalue weighted by Crippen LogP contribution is 2.11. The average molecular weight is 286 g/mol. The maximum absolute atomic E-state index is 11.0. The lowest BCUT2D eigenvalue weighted by atomic mass is 10.1. The zero-order chi connectivity index (χ0) is 11.4. The number of rotatable bonds is 5. The van der Waals surface area contributed by atoms with Gasteiger partial charge in [0.05, 0.1) is 12.9 Å². The SMILES string of the molecule is CC(C)[C@@H](/C=C(/Br)CO)NS(C)(=O)=O. The van der Waals surface area contributed by atoms with E-state index in [0.29, 0.717) is 4.48 Å². The molecule has 0 amide bonds. The molecule has 2 N–H and O–H groups in total. The van der Waals surface area contributed by atoms with Crippen molar-refractivity contribution in [2.75, 3.05) is 12.9 Å². The first-order chi connectivity index (χ1) is 6.26. The van der Waals surface area contributed by atoms with E-state index in [1.807, 2.05) is 13.8 Å². The van der Waals surface area contributed by atoms with Crippen molar-refractivity contribution in [3.63, 3.8) is 0 Å². The summed E-state index contributed by atoms with van der Waals surface area (Å²) in [7, 11) is -3.22. The molecular weight excluding hydrogens is 270 g/mol. The quantitative estimate of drug-likeness (QED) is 0.786. The van der Waals surface area contributed by atoms with E-state index in [1.54, 1.807) is 6.08 Å². The molecule has 0 unspecified atom stereocenters. The second-order valence-electron chi connectivity index (χ2n) is 3.43. The number of aliphatic hydroxyl groups is 1. The molecule has 0 aliphatic carbocycles. The lowest BCUT2D eigenvalue weighted by Gasteiger charge is -2.17. The first-order valence-corrected chi connectivity index (χ1v) is 6.89. The minimum absolute atomic E-state index is 0.129. The molecule has 0 heterocycles. The number of sulfonamides is 1. The zero-order valence-electron chi connectivity index (χ0n) is 8.49. The Kier molecular flexibility index (Phi) is 5.88. The topological polar surface area (TPSA) is 66.4 Å². The van der Waals surface area contributed by atoms with Crippen molar-refractivity contribution in [1.82, 2.24) is 4.72 Å². The van der Waals surface area contributed by atoms with Crippen molar-refractivity contribution in [3.05, 3.63) is 10.6 Å². The van der Waals surface area contributed by atoms with Gasteiger partial charge < -0.3 is 5.11 Å². The molecule has 14 heavy (non-hydrogen) atoms. The second-order valence-corrected chi connectivity index (χ2v) is 6.23. The van der Waals surface area contributed by atoms with E-state index in [-0.39, 0.29) is 18.6 Å². The van der Waals surface area contributed by atoms with Crippen molar-refractivity contribution in [2.24, 2.45) is 5.92 Å². The van der Waals surface area contributed by atoms with E-state index in [2.05, 4.69) is 20.7 Å². The fourth-order valence-electron chi connectivity index (χ4n) is 0.857. The molecule has 84 valence electrons. The monoisotopic (exact) mass is 285 g/mol. The Balaban J connectivity index is 4.63. The molecule has 0 radical (unpaired) electrons. The molecule has 0 saturated heterocycles. The summed E-state index contributed by atoms with van der Waals surface area (Å²) in [6.07, 6.45) is 2.77.